The van der Waals surface area contributed by atoms with Gasteiger partial charge in [-0.25, -0.2) is 4.98 Å². The van der Waals surface area contributed by atoms with Crippen molar-refractivity contribution in [3.63, 3.8) is 0 Å². The highest BCUT2D eigenvalue weighted by molar-refractivity contribution is 6.18. The van der Waals surface area contributed by atoms with E-state index >= 15 is 0 Å². The third-order valence-corrected chi connectivity index (χ3v) is 2.82. The van der Waals surface area contributed by atoms with E-state index in [-0.39, 0.29) is 12.1 Å². The van der Waals surface area contributed by atoms with Gasteiger partial charge in [-0.1, -0.05) is 0 Å². The quantitative estimate of drug-likeness (QED) is 0.760. The van der Waals surface area contributed by atoms with E-state index in [9.17, 15) is 0 Å². The Morgan fingerprint density at radius 3 is 2.53 bits per heavy atom. The number of hydrogen-bond acceptors (Lipinski definition) is 4. The number of alkyl halides is 1. The zero-order valence-electron chi connectivity index (χ0n) is 11.1. The lowest BCUT2D eigenvalue weighted by Gasteiger charge is -2.23. The molecule has 0 aliphatic rings. The van der Waals surface area contributed by atoms with Gasteiger partial charge < -0.3 is 9.64 Å². The number of nitrogens with zero attached hydrogens (tertiary/aromatic N) is 3. The molecular weight excluding hydrogens is 238 g/mol. The molecule has 0 N–H and O–H groups in total. The van der Waals surface area contributed by atoms with Crippen LogP contribution < -0.4 is 9.64 Å². The van der Waals surface area contributed by atoms with Crippen molar-refractivity contribution in [2.75, 3.05) is 17.8 Å². The molecule has 0 spiro atoms. The Morgan fingerprint density at radius 2 is 2.00 bits per heavy atom. The van der Waals surface area contributed by atoms with Crippen LogP contribution in [0.2, 0.25) is 0 Å². The maximum absolute atomic E-state index is 5.83. The van der Waals surface area contributed by atoms with Crippen molar-refractivity contribution in [1.82, 2.24) is 9.97 Å². The van der Waals surface area contributed by atoms with Crippen molar-refractivity contribution < 1.29 is 4.74 Å². The maximum atomic E-state index is 5.83. The van der Waals surface area contributed by atoms with Crippen molar-refractivity contribution in [2.24, 2.45) is 0 Å². The Hall–Kier alpha value is -1.03. The molecule has 1 rings (SSSR count). The lowest BCUT2D eigenvalue weighted by molar-refractivity contribution is 0.232. The van der Waals surface area contributed by atoms with E-state index in [0.717, 1.165) is 5.69 Å². The van der Waals surface area contributed by atoms with Crippen LogP contribution >= 0.6 is 11.6 Å². The average molecular weight is 258 g/mol. The van der Waals surface area contributed by atoms with Crippen LogP contribution in [0, 0.1) is 6.92 Å². The minimum Gasteiger partial charge on any atom is -0.475 e. The molecule has 17 heavy (non-hydrogen) atoms. The van der Waals surface area contributed by atoms with Gasteiger partial charge in [0, 0.05) is 30.7 Å². The fourth-order valence-corrected chi connectivity index (χ4v) is 1.49. The molecule has 0 aliphatic carbocycles. The first-order valence-electron chi connectivity index (χ1n) is 5.75. The van der Waals surface area contributed by atoms with Crippen LogP contribution in [0.25, 0.3) is 0 Å². The van der Waals surface area contributed by atoms with Crippen molar-refractivity contribution in [2.45, 2.75) is 39.8 Å². The number of hydrogen-bond donors (Lipinski definition) is 0. The summed E-state index contributed by atoms with van der Waals surface area (Å²) < 4.78 is 5.59. The normalized spacial score (nSPS) is 12.6. The molecule has 0 amide bonds. The van der Waals surface area contributed by atoms with Crippen LogP contribution in [0.5, 0.6) is 5.88 Å². The SMILES string of the molecule is Cc1cc(OC(C)C)nc(N(C)C(C)CCl)n1. The van der Waals surface area contributed by atoms with Gasteiger partial charge in [-0.05, 0) is 27.7 Å². The third kappa shape index (κ3) is 4.04. The van der Waals surface area contributed by atoms with E-state index in [1.807, 2.05) is 45.7 Å². The second kappa shape index (κ2) is 6.05. The molecule has 1 atom stereocenters. The molecule has 5 heteroatoms. The van der Waals surface area contributed by atoms with Gasteiger partial charge in [-0.15, -0.1) is 11.6 Å². The number of rotatable bonds is 5. The Morgan fingerprint density at radius 1 is 1.35 bits per heavy atom. The minimum absolute atomic E-state index is 0.105. The average Bonchev–Trinajstić information content (AvgIpc) is 2.25. The molecule has 0 saturated carbocycles. The zero-order chi connectivity index (χ0) is 13.0. The fourth-order valence-electron chi connectivity index (χ4n) is 1.28. The van der Waals surface area contributed by atoms with E-state index in [2.05, 4.69) is 9.97 Å². The Balaban J connectivity index is 2.96. The Kier molecular flexibility index (Phi) is 5.00. The first-order chi connectivity index (χ1) is 7.93. The van der Waals surface area contributed by atoms with E-state index in [4.69, 9.17) is 16.3 Å². The molecule has 4 nitrogen and oxygen atoms in total. The predicted octanol–water partition coefficient (Wildman–Crippen LogP) is 2.64. The summed E-state index contributed by atoms with van der Waals surface area (Å²) in [6.45, 7) is 7.91. The summed E-state index contributed by atoms with van der Waals surface area (Å²) in [5.74, 6) is 1.79. The summed E-state index contributed by atoms with van der Waals surface area (Å²) >= 11 is 5.83. The minimum atomic E-state index is 0.105. The van der Waals surface area contributed by atoms with E-state index in [1.165, 1.54) is 0 Å². The van der Waals surface area contributed by atoms with Crippen molar-refractivity contribution in [3.8, 4) is 5.88 Å². The topological polar surface area (TPSA) is 38.2 Å². The van der Waals surface area contributed by atoms with Crippen molar-refractivity contribution >= 4 is 17.5 Å². The fraction of sp³-hybridized carbons (Fsp3) is 0.667. The van der Waals surface area contributed by atoms with Crippen molar-refractivity contribution in [3.05, 3.63) is 11.8 Å². The summed E-state index contributed by atoms with van der Waals surface area (Å²) in [6.07, 6.45) is 0.105. The van der Waals surface area contributed by atoms with Crippen LogP contribution in [-0.4, -0.2) is 35.0 Å². The monoisotopic (exact) mass is 257 g/mol. The summed E-state index contributed by atoms with van der Waals surface area (Å²) in [5, 5.41) is 0. The van der Waals surface area contributed by atoms with Gasteiger partial charge in [0.25, 0.3) is 0 Å². The van der Waals surface area contributed by atoms with Crippen LogP contribution in [0.4, 0.5) is 5.95 Å². The molecule has 1 unspecified atom stereocenters. The second-order valence-corrected chi connectivity index (χ2v) is 4.74. The molecular formula is C12H20ClN3O. The van der Waals surface area contributed by atoms with E-state index in [1.54, 1.807) is 0 Å². The maximum Gasteiger partial charge on any atom is 0.228 e. The van der Waals surface area contributed by atoms with E-state index in [0.29, 0.717) is 17.7 Å². The standard InChI is InChI=1S/C12H20ClN3O/c1-8(2)17-11-6-9(3)14-12(15-11)16(5)10(4)7-13/h6,8,10H,7H2,1-5H3. The highest BCUT2D eigenvalue weighted by atomic mass is 35.5. The van der Waals surface area contributed by atoms with Gasteiger partial charge in [0.05, 0.1) is 6.10 Å². The number of anilines is 1. The number of ether oxygens (including phenoxy) is 1. The largest absolute Gasteiger partial charge is 0.475 e. The molecule has 1 aromatic heterocycles. The highest BCUT2D eigenvalue weighted by Gasteiger charge is 2.13. The van der Waals surface area contributed by atoms with Gasteiger partial charge >= 0.3 is 0 Å². The number of aromatic nitrogens is 2. The first-order valence-corrected chi connectivity index (χ1v) is 6.28. The molecule has 0 aromatic carbocycles. The predicted molar refractivity (Wildman–Crippen MR) is 71.1 cm³/mol. The molecule has 96 valence electrons. The summed E-state index contributed by atoms with van der Waals surface area (Å²) in [5.41, 5.74) is 0.888. The first kappa shape index (κ1) is 14.0. The zero-order valence-corrected chi connectivity index (χ0v) is 11.8. The van der Waals surface area contributed by atoms with Crippen LogP contribution in [0.1, 0.15) is 26.5 Å². The smallest absolute Gasteiger partial charge is 0.228 e. The lowest BCUT2D eigenvalue weighted by atomic mass is 10.3. The third-order valence-electron chi connectivity index (χ3n) is 2.38. The van der Waals surface area contributed by atoms with E-state index < -0.39 is 0 Å². The summed E-state index contributed by atoms with van der Waals surface area (Å²) in [7, 11) is 1.93. The van der Waals surface area contributed by atoms with Crippen LogP contribution in [-0.2, 0) is 0 Å². The second-order valence-electron chi connectivity index (χ2n) is 4.43. The Bertz CT molecular complexity index is 371. The van der Waals surface area contributed by atoms with Crippen LogP contribution in [0.3, 0.4) is 0 Å². The van der Waals surface area contributed by atoms with Gasteiger partial charge in [-0.3, -0.25) is 0 Å². The lowest BCUT2D eigenvalue weighted by Crippen LogP contribution is -2.32. The van der Waals surface area contributed by atoms with Crippen LogP contribution in [0.15, 0.2) is 6.07 Å². The molecule has 0 radical (unpaired) electrons. The molecule has 0 fully saturated rings. The van der Waals surface area contributed by atoms with Crippen molar-refractivity contribution in [1.29, 1.82) is 0 Å². The number of aryl methyl sites for hydroxylation is 1. The summed E-state index contributed by atoms with van der Waals surface area (Å²) in [6, 6.07) is 2.02. The van der Waals surface area contributed by atoms with Gasteiger partial charge in [0.15, 0.2) is 0 Å². The van der Waals surface area contributed by atoms with Gasteiger partial charge in [0.1, 0.15) is 0 Å². The highest BCUT2D eigenvalue weighted by Crippen LogP contribution is 2.17. The van der Waals surface area contributed by atoms with Gasteiger partial charge in [-0.2, -0.15) is 4.98 Å². The molecule has 0 aliphatic heterocycles. The van der Waals surface area contributed by atoms with Gasteiger partial charge in [0.2, 0.25) is 11.8 Å². The number of halogens is 1. The summed E-state index contributed by atoms with van der Waals surface area (Å²) in [4.78, 5) is 10.7. The molecule has 1 heterocycles. The molecule has 0 bridgehead atoms. The molecule has 1 aromatic rings. The Labute approximate surface area is 108 Å². The molecule has 0 saturated heterocycles.